The maximum Gasteiger partial charge on any atom is 0.147 e. The average Bonchev–Trinajstić information content (AvgIpc) is 2.73. The van der Waals surface area contributed by atoms with Crippen molar-refractivity contribution in [1.82, 2.24) is 0 Å². The van der Waals surface area contributed by atoms with Crippen molar-refractivity contribution < 1.29 is 13.2 Å². The molecule has 1 aromatic rings. The molecule has 0 spiro atoms. The standard InChI is InChI=1S/C24H34ClF3Si/c1-2-11-29-12-9-20(10-13-29)19-7-5-17(6-8-19)3-4-18-14-21(26)24(22(27)15-18)23(28)16-25/h14-17,19-20,29H,2-13H2,1H3/b23-16-. The van der Waals surface area contributed by atoms with Gasteiger partial charge in [-0.15, -0.1) is 0 Å². The summed E-state index contributed by atoms with van der Waals surface area (Å²) in [7, 11) is -0.394. The van der Waals surface area contributed by atoms with Crippen LogP contribution < -0.4 is 0 Å². The van der Waals surface area contributed by atoms with E-state index in [9.17, 15) is 13.2 Å². The van der Waals surface area contributed by atoms with Gasteiger partial charge in [-0.25, -0.2) is 13.2 Å². The van der Waals surface area contributed by atoms with Gasteiger partial charge in [0.05, 0.1) is 5.56 Å². The van der Waals surface area contributed by atoms with E-state index in [1.54, 1.807) is 12.1 Å². The number of hydrogen-bond acceptors (Lipinski definition) is 0. The minimum Gasteiger partial charge on any atom is -0.206 e. The van der Waals surface area contributed by atoms with Crippen molar-refractivity contribution in [3.05, 3.63) is 40.4 Å². The monoisotopic (exact) mass is 442 g/mol. The molecule has 0 atom stereocenters. The molecule has 1 aliphatic carbocycles. The summed E-state index contributed by atoms with van der Waals surface area (Å²) in [6, 6.07) is 7.16. The Balaban J connectivity index is 1.45. The summed E-state index contributed by atoms with van der Waals surface area (Å²) in [5.41, 5.74) is 0.506. The molecule has 0 nitrogen and oxygen atoms in total. The van der Waals surface area contributed by atoms with E-state index in [0.29, 0.717) is 23.4 Å². The van der Waals surface area contributed by atoms with E-state index in [1.165, 1.54) is 63.1 Å². The summed E-state index contributed by atoms with van der Waals surface area (Å²) in [5, 5.41) is 0. The van der Waals surface area contributed by atoms with Crippen LogP contribution >= 0.6 is 11.6 Å². The fourth-order valence-electron chi connectivity index (χ4n) is 5.73. The van der Waals surface area contributed by atoms with Gasteiger partial charge in [0, 0.05) is 14.3 Å². The minimum atomic E-state index is -1.07. The summed E-state index contributed by atoms with van der Waals surface area (Å²) >= 11 is 5.25. The van der Waals surface area contributed by atoms with Crippen LogP contribution in [-0.4, -0.2) is 8.80 Å². The predicted molar refractivity (Wildman–Crippen MR) is 120 cm³/mol. The van der Waals surface area contributed by atoms with Crippen LogP contribution in [0.25, 0.3) is 5.83 Å². The largest absolute Gasteiger partial charge is 0.206 e. The van der Waals surface area contributed by atoms with Crippen LogP contribution in [0.2, 0.25) is 18.1 Å². The first-order valence-corrected chi connectivity index (χ1v) is 14.3. The molecule has 0 radical (unpaired) electrons. The van der Waals surface area contributed by atoms with E-state index in [1.807, 2.05) is 0 Å². The van der Waals surface area contributed by atoms with Crippen molar-refractivity contribution in [2.24, 2.45) is 17.8 Å². The molecule has 162 valence electrons. The summed E-state index contributed by atoms with van der Waals surface area (Å²) in [6.07, 6.45) is 11.0. The van der Waals surface area contributed by atoms with E-state index in [2.05, 4.69) is 6.92 Å². The summed E-state index contributed by atoms with van der Waals surface area (Å²) in [6.45, 7) is 2.33. The van der Waals surface area contributed by atoms with Crippen LogP contribution in [0.15, 0.2) is 17.7 Å². The first kappa shape index (κ1) is 22.9. The second kappa shape index (κ2) is 11.0. The van der Waals surface area contributed by atoms with Gasteiger partial charge in [0.1, 0.15) is 17.5 Å². The number of hydrogen-bond donors (Lipinski definition) is 0. The number of aryl methyl sites for hydroxylation is 1. The van der Waals surface area contributed by atoms with Crippen LogP contribution in [0.1, 0.15) is 69.4 Å². The SMILES string of the molecule is CCC[SiH]1CCC(C2CCC(CCc3cc(F)c(/C(F)=C/Cl)c(F)c3)CC2)CC1. The lowest BCUT2D eigenvalue weighted by Crippen LogP contribution is -2.28. The Morgan fingerprint density at radius 2 is 1.62 bits per heavy atom. The Morgan fingerprint density at radius 3 is 2.17 bits per heavy atom. The van der Waals surface area contributed by atoms with Crippen molar-refractivity contribution >= 4 is 26.2 Å². The molecule has 0 unspecified atom stereocenters. The van der Waals surface area contributed by atoms with Crippen molar-refractivity contribution in [1.29, 1.82) is 0 Å². The molecule has 5 heteroatoms. The molecule has 0 bridgehead atoms. The highest BCUT2D eigenvalue weighted by molar-refractivity contribution is 6.58. The third-order valence-corrected chi connectivity index (χ3v) is 11.3. The number of benzene rings is 1. The average molecular weight is 443 g/mol. The van der Waals surface area contributed by atoms with Crippen molar-refractivity contribution in [3.63, 3.8) is 0 Å². The third kappa shape index (κ3) is 6.13. The molecule has 0 N–H and O–H groups in total. The topological polar surface area (TPSA) is 0 Å². The zero-order valence-corrected chi connectivity index (χ0v) is 19.4. The van der Waals surface area contributed by atoms with Crippen molar-refractivity contribution in [2.75, 3.05) is 0 Å². The molecule has 29 heavy (non-hydrogen) atoms. The molecule has 2 aliphatic rings. The van der Waals surface area contributed by atoms with Gasteiger partial charge in [0.15, 0.2) is 0 Å². The zero-order chi connectivity index (χ0) is 20.8. The first-order valence-electron chi connectivity index (χ1n) is 11.5. The normalized spacial score (nSPS) is 28.5. The lowest BCUT2D eigenvalue weighted by Gasteiger charge is -2.37. The van der Waals surface area contributed by atoms with Gasteiger partial charge in [-0.1, -0.05) is 68.8 Å². The van der Waals surface area contributed by atoms with Crippen LogP contribution in [0.5, 0.6) is 0 Å². The van der Waals surface area contributed by atoms with E-state index in [4.69, 9.17) is 11.6 Å². The van der Waals surface area contributed by atoms with Gasteiger partial charge in [-0.05, 0) is 61.1 Å². The summed E-state index contributed by atoms with van der Waals surface area (Å²) in [4.78, 5) is 0. The minimum absolute atomic E-state index is 0.394. The van der Waals surface area contributed by atoms with Crippen molar-refractivity contribution in [2.45, 2.75) is 82.8 Å². The molecule has 0 aromatic heterocycles. The van der Waals surface area contributed by atoms with Gasteiger partial charge < -0.3 is 0 Å². The van der Waals surface area contributed by atoms with E-state index in [-0.39, 0.29) is 0 Å². The molecule has 0 amide bonds. The Kier molecular flexibility index (Phi) is 8.73. The molecule has 1 aromatic carbocycles. The van der Waals surface area contributed by atoms with E-state index in [0.717, 1.165) is 18.3 Å². The molecule has 1 saturated heterocycles. The predicted octanol–water partition coefficient (Wildman–Crippen LogP) is 8.26. The van der Waals surface area contributed by atoms with Crippen LogP contribution in [0.3, 0.4) is 0 Å². The fraction of sp³-hybridized carbons (Fsp3) is 0.667. The molecule has 2 fully saturated rings. The fourth-order valence-corrected chi connectivity index (χ4v) is 9.32. The van der Waals surface area contributed by atoms with Crippen LogP contribution in [0.4, 0.5) is 13.2 Å². The van der Waals surface area contributed by atoms with Crippen LogP contribution in [-0.2, 0) is 6.42 Å². The van der Waals surface area contributed by atoms with Gasteiger partial charge in [-0.3, -0.25) is 0 Å². The highest BCUT2D eigenvalue weighted by Crippen LogP contribution is 2.42. The maximum atomic E-state index is 14.1. The lowest BCUT2D eigenvalue weighted by molar-refractivity contribution is 0.186. The number of halogens is 4. The highest BCUT2D eigenvalue weighted by Gasteiger charge is 2.31. The molecule has 3 rings (SSSR count). The molecule has 1 saturated carbocycles. The van der Waals surface area contributed by atoms with E-state index < -0.39 is 31.8 Å². The lowest BCUT2D eigenvalue weighted by atomic mass is 9.73. The van der Waals surface area contributed by atoms with Gasteiger partial charge in [0.2, 0.25) is 0 Å². The number of rotatable bonds is 7. The summed E-state index contributed by atoms with van der Waals surface area (Å²) in [5.74, 6) is -0.319. The van der Waals surface area contributed by atoms with Crippen LogP contribution in [0, 0.1) is 29.4 Å². The smallest absolute Gasteiger partial charge is 0.147 e. The second-order valence-corrected chi connectivity index (χ2v) is 13.0. The zero-order valence-electron chi connectivity index (χ0n) is 17.5. The molecule has 1 heterocycles. The highest BCUT2D eigenvalue weighted by atomic mass is 35.5. The third-order valence-electron chi connectivity index (χ3n) is 7.42. The summed E-state index contributed by atoms with van der Waals surface area (Å²) < 4.78 is 41.6. The van der Waals surface area contributed by atoms with Gasteiger partial charge in [0.25, 0.3) is 0 Å². The van der Waals surface area contributed by atoms with Crippen molar-refractivity contribution in [3.8, 4) is 0 Å². The Labute approximate surface area is 180 Å². The van der Waals surface area contributed by atoms with Gasteiger partial charge in [-0.2, -0.15) is 0 Å². The molecule has 1 aliphatic heterocycles. The second-order valence-electron chi connectivity index (χ2n) is 9.28. The van der Waals surface area contributed by atoms with E-state index >= 15 is 0 Å². The quantitative estimate of drug-likeness (QED) is 0.373. The van der Waals surface area contributed by atoms with Gasteiger partial charge >= 0.3 is 0 Å². The molecular formula is C24H34ClF3Si. The Hall–Kier alpha value is -0.743. The first-order chi connectivity index (χ1) is 14.0. The Bertz CT molecular complexity index is 666. The Morgan fingerprint density at radius 1 is 1.03 bits per heavy atom. The molecular weight excluding hydrogens is 409 g/mol. The maximum absolute atomic E-state index is 14.1.